The number of hydrogen-bond acceptors (Lipinski definition) is 3. The fourth-order valence-electron chi connectivity index (χ4n) is 1.98. The van der Waals surface area contributed by atoms with Gasteiger partial charge in [-0.3, -0.25) is 5.43 Å². The van der Waals surface area contributed by atoms with Gasteiger partial charge in [0, 0.05) is 6.54 Å². The second kappa shape index (κ2) is 4.80. The number of hydrogen-bond donors (Lipinski definition) is 3. The molecule has 3 nitrogen and oxygen atoms in total. The lowest BCUT2D eigenvalue weighted by atomic mass is 9.90. The van der Waals surface area contributed by atoms with E-state index in [9.17, 15) is 0 Å². The Balaban J connectivity index is 0.000000336. The van der Waals surface area contributed by atoms with Gasteiger partial charge in [0.2, 0.25) is 0 Å². The molecule has 0 saturated carbocycles. The molecule has 0 amide bonds. The zero-order chi connectivity index (χ0) is 8.97. The molecule has 2 aliphatic rings. The van der Waals surface area contributed by atoms with E-state index in [1.807, 2.05) is 13.8 Å². The van der Waals surface area contributed by atoms with E-state index in [2.05, 4.69) is 23.1 Å². The minimum Gasteiger partial charge on any atom is -0.301 e. The van der Waals surface area contributed by atoms with E-state index in [1.165, 1.54) is 13.0 Å². The average Bonchev–Trinajstić information content (AvgIpc) is 2.57. The summed E-state index contributed by atoms with van der Waals surface area (Å²) < 4.78 is 0. The van der Waals surface area contributed by atoms with Crippen molar-refractivity contribution in [2.24, 2.45) is 11.8 Å². The van der Waals surface area contributed by atoms with E-state index in [1.54, 1.807) is 0 Å². The third-order valence-electron chi connectivity index (χ3n) is 2.68. The molecule has 3 N–H and O–H groups in total. The van der Waals surface area contributed by atoms with Crippen molar-refractivity contribution in [2.45, 2.75) is 33.4 Å². The van der Waals surface area contributed by atoms with Crippen molar-refractivity contribution in [3.05, 3.63) is 0 Å². The highest BCUT2D eigenvalue weighted by Crippen LogP contribution is 2.23. The van der Waals surface area contributed by atoms with Gasteiger partial charge in [0.25, 0.3) is 0 Å². The maximum Gasteiger partial charge on any atom is 0.0736 e. The summed E-state index contributed by atoms with van der Waals surface area (Å²) in [6.07, 6.45) is 1.87. The van der Waals surface area contributed by atoms with Crippen molar-refractivity contribution in [1.82, 2.24) is 16.2 Å². The van der Waals surface area contributed by atoms with E-state index < -0.39 is 0 Å². The Labute approximate surface area is 75.3 Å². The predicted octanol–water partition coefficient (Wildman–Crippen LogP) is 0.692. The van der Waals surface area contributed by atoms with E-state index in [4.69, 9.17) is 0 Å². The van der Waals surface area contributed by atoms with Gasteiger partial charge in [0.05, 0.1) is 6.17 Å². The fourth-order valence-corrected chi connectivity index (χ4v) is 1.98. The highest BCUT2D eigenvalue weighted by molar-refractivity contribution is 4.87. The third kappa shape index (κ3) is 1.97. The lowest BCUT2D eigenvalue weighted by Crippen LogP contribution is -2.56. The molecule has 2 rings (SSSR count). The molecule has 12 heavy (non-hydrogen) atoms. The highest BCUT2D eigenvalue weighted by atomic mass is 15.4. The third-order valence-corrected chi connectivity index (χ3v) is 2.68. The number of rotatable bonds is 0. The van der Waals surface area contributed by atoms with Crippen molar-refractivity contribution >= 4 is 0 Å². The molecule has 3 atom stereocenters. The normalized spacial score (nSPS) is 39.8. The highest BCUT2D eigenvalue weighted by Gasteiger charge is 2.33. The van der Waals surface area contributed by atoms with Crippen LogP contribution in [0.2, 0.25) is 0 Å². The first-order chi connectivity index (χ1) is 5.88. The van der Waals surface area contributed by atoms with Crippen molar-refractivity contribution in [2.75, 3.05) is 13.1 Å². The van der Waals surface area contributed by atoms with Crippen molar-refractivity contribution < 1.29 is 0 Å². The van der Waals surface area contributed by atoms with Crippen molar-refractivity contribution in [1.29, 1.82) is 0 Å². The van der Waals surface area contributed by atoms with Gasteiger partial charge < -0.3 is 5.32 Å². The molecule has 0 aromatic heterocycles. The van der Waals surface area contributed by atoms with Crippen LogP contribution < -0.4 is 16.2 Å². The van der Waals surface area contributed by atoms with Crippen LogP contribution in [0.3, 0.4) is 0 Å². The zero-order valence-electron chi connectivity index (χ0n) is 8.35. The predicted molar refractivity (Wildman–Crippen MR) is 51.5 cm³/mol. The van der Waals surface area contributed by atoms with Crippen LogP contribution in [0.15, 0.2) is 0 Å². The number of hydrazine groups is 1. The smallest absolute Gasteiger partial charge is 0.0736 e. The second-order valence-corrected chi connectivity index (χ2v) is 3.39. The van der Waals surface area contributed by atoms with Gasteiger partial charge in [-0.2, -0.15) is 0 Å². The molecule has 72 valence electrons. The molecule has 2 heterocycles. The Morgan fingerprint density at radius 1 is 1.25 bits per heavy atom. The summed E-state index contributed by atoms with van der Waals surface area (Å²) in [6, 6.07) is 0. The Hall–Kier alpha value is -0.120. The van der Waals surface area contributed by atoms with Crippen LogP contribution in [0.1, 0.15) is 27.2 Å². The van der Waals surface area contributed by atoms with Crippen LogP contribution in [0, 0.1) is 11.8 Å². The minimum atomic E-state index is 0.531. The fraction of sp³-hybridized carbons (Fsp3) is 1.00. The van der Waals surface area contributed by atoms with Crippen LogP contribution in [0.5, 0.6) is 0 Å². The summed E-state index contributed by atoms with van der Waals surface area (Å²) in [5.74, 6) is 1.67. The largest absolute Gasteiger partial charge is 0.301 e. The first kappa shape index (κ1) is 9.96. The lowest BCUT2D eigenvalue weighted by molar-refractivity contribution is 0.193. The molecule has 0 aromatic rings. The quantitative estimate of drug-likeness (QED) is 0.502. The maximum atomic E-state index is 3.42. The average molecular weight is 171 g/mol. The molecular weight excluding hydrogens is 150 g/mol. The van der Waals surface area contributed by atoms with Gasteiger partial charge >= 0.3 is 0 Å². The monoisotopic (exact) mass is 171 g/mol. The summed E-state index contributed by atoms with van der Waals surface area (Å²) >= 11 is 0. The van der Waals surface area contributed by atoms with Gasteiger partial charge in [-0.05, 0) is 24.8 Å². The summed E-state index contributed by atoms with van der Waals surface area (Å²) in [6.45, 7) is 8.61. The Bertz CT molecular complexity index is 127. The van der Waals surface area contributed by atoms with E-state index >= 15 is 0 Å². The molecule has 0 aliphatic carbocycles. The standard InChI is InChI=1S/C7H15N3.C2H6/c1-5-4-9-10-7-6(5)2-3-8-7;1-2/h5-10H,2-4H2,1H3;1-2H3. The van der Waals surface area contributed by atoms with Gasteiger partial charge in [0.1, 0.15) is 0 Å². The second-order valence-electron chi connectivity index (χ2n) is 3.39. The molecule has 2 fully saturated rings. The summed E-state index contributed by atoms with van der Waals surface area (Å²) in [4.78, 5) is 0. The van der Waals surface area contributed by atoms with Gasteiger partial charge in [-0.25, -0.2) is 5.43 Å². The van der Waals surface area contributed by atoms with Gasteiger partial charge in [0.15, 0.2) is 0 Å². The van der Waals surface area contributed by atoms with Gasteiger partial charge in [-0.15, -0.1) is 0 Å². The first-order valence-electron chi connectivity index (χ1n) is 5.09. The molecule has 0 radical (unpaired) electrons. The summed E-state index contributed by atoms with van der Waals surface area (Å²) in [5.41, 5.74) is 6.44. The Morgan fingerprint density at radius 3 is 2.67 bits per heavy atom. The molecule has 0 spiro atoms. The van der Waals surface area contributed by atoms with Crippen LogP contribution in [0.4, 0.5) is 0 Å². The molecule has 3 unspecified atom stereocenters. The van der Waals surface area contributed by atoms with Crippen LogP contribution in [-0.2, 0) is 0 Å². The molecule has 2 aliphatic heterocycles. The lowest BCUT2D eigenvalue weighted by Gasteiger charge is -2.32. The number of fused-ring (bicyclic) bond motifs is 1. The minimum absolute atomic E-state index is 0.531. The van der Waals surface area contributed by atoms with Crippen molar-refractivity contribution in [3.63, 3.8) is 0 Å². The van der Waals surface area contributed by atoms with Crippen LogP contribution >= 0.6 is 0 Å². The maximum absolute atomic E-state index is 3.42. The first-order valence-corrected chi connectivity index (χ1v) is 5.09. The molecule has 3 heteroatoms. The van der Waals surface area contributed by atoms with Gasteiger partial charge in [-0.1, -0.05) is 20.8 Å². The molecule has 2 saturated heterocycles. The zero-order valence-corrected chi connectivity index (χ0v) is 8.35. The van der Waals surface area contributed by atoms with E-state index in [-0.39, 0.29) is 0 Å². The molecule has 0 aromatic carbocycles. The molecule has 0 bridgehead atoms. The van der Waals surface area contributed by atoms with E-state index in [0.717, 1.165) is 18.4 Å². The topological polar surface area (TPSA) is 36.1 Å². The van der Waals surface area contributed by atoms with Crippen molar-refractivity contribution in [3.8, 4) is 0 Å². The Kier molecular flexibility index (Phi) is 3.98. The summed E-state index contributed by atoms with van der Waals surface area (Å²) in [5, 5.41) is 3.42. The Morgan fingerprint density at radius 2 is 2.00 bits per heavy atom. The SMILES string of the molecule is CC.CC1CNNC2NCCC12. The van der Waals surface area contributed by atoms with E-state index in [0.29, 0.717) is 6.17 Å². The summed E-state index contributed by atoms with van der Waals surface area (Å²) in [7, 11) is 0. The number of nitrogens with one attached hydrogen (secondary N) is 3. The van der Waals surface area contributed by atoms with Crippen LogP contribution in [-0.4, -0.2) is 19.3 Å². The molecular formula is C9H21N3. The van der Waals surface area contributed by atoms with Crippen LogP contribution in [0.25, 0.3) is 0 Å².